The van der Waals surface area contributed by atoms with Crippen molar-refractivity contribution in [2.75, 3.05) is 11.4 Å². The second-order valence-corrected chi connectivity index (χ2v) is 5.33. The highest BCUT2D eigenvalue weighted by atomic mass is 19.1. The highest BCUT2D eigenvalue weighted by Gasteiger charge is 2.32. The molecule has 17 heavy (non-hydrogen) atoms. The van der Waals surface area contributed by atoms with E-state index in [1.54, 1.807) is 12.1 Å². The first-order valence-corrected chi connectivity index (χ1v) is 6.31. The van der Waals surface area contributed by atoms with Crippen LogP contribution in [0.5, 0.6) is 0 Å². The van der Waals surface area contributed by atoms with Crippen molar-refractivity contribution in [3.05, 3.63) is 29.6 Å². The monoisotopic (exact) mass is 236 g/mol. The zero-order chi connectivity index (χ0) is 12.6. The zero-order valence-corrected chi connectivity index (χ0v) is 10.8. The molecular weight excluding hydrogens is 215 g/mol. The summed E-state index contributed by atoms with van der Waals surface area (Å²) in [6, 6.07) is 5.86. The number of hydrogen-bond donors (Lipinski definition) is 1. The Morgan fingerprint density at radius 2 is 2.12 bits per heavy atom. The molecule has 0 spiro atoms. The third kappa shape index (κ3) is 2.29. The van der Waals surface area contributed by atoms with Crippen molar-refractivity contribution in [3.63, 3.8) is 0 Å². The number of hydrogen-bond acceptors (Lipinski definition) is 2. The van der Waals surface area contributed by atoms with Crippen LogP contribution in [0.2, 0.25) is 0 Å². The van der Waals surface area contributed by atoms with Gasteiger partial charge in [0.05, 0.1) is 0 Å². The van der Waals surface area contributed by atoms with Crippen LogP contribution in [0.3, 0.4) is 0 Å². The average Bonchev–Trinajstić information content (AvgIpc) is 2.57. The van der Waals surface area contributed by atoms with Gasteiger partial charge in [-0.15, -0.1) is 0 Å². The van der Waals surface area contributed by atoms with Gasteiger partial charge >= 0.3 is 0 Å². The molecule has 2 N–H and O–H groups in total. The Balaban J connectivity index is 2.38. The molecule has 2 rings (SSSR count). The molecule has 0 radical (unpaired) electrons. The highest BCUT2D eigenvalue weighted by Crippen LogP contribution is 2.40. The van der Waals surface area contributed by atoms with Crippen LogP contribution in [0, 0.1) is 5.82 Å². The summed E-state index contributed by atoms with van der Waals surface area (Å²) in [5.41, 5.74) is 7.77. The fraction of sp³-hybridized carbons (Fsp3) is 0.571. The Kier molecular flexibility index (Phi) is 3.38. The summed E-state index contributed by atoms with van der Waals surface area (Å²) in [5.74, 6) is 0.143. The van der Waals surface area contributed by atoms with Crippen LogP contribution in [-0.2, 0) is 0 Å². The van der Waals surface area contributed by atoms with Crippen molar-refractivity contribution in [2.45, 2.75) is 45.2 Å². The van der Waals surface area contributed by atoms with E-state index in [4.69, 9.17) is 5.73 Å². The van der Waals surface area contributed by atoms with E-state index in [0.29, 0.717) is 6.04 Å². The molecule has 2 atom stereocenters. The maximum absolute atomic E-state index is 14.0. The second-order valence-electron chi connectivity index (χ2n) is 5.33. The van der Waals surface area contributed by atoms with Crippen LogP contribution in [0.1, 0.15) is 38.7 Å². The van der Waals surface area contributed by atoms with E-state index in [1.165, 1.54) is 0 Å². The van der Waals surface area contributed by atoms with Gasteiger partial charge in [-0.05, 0) is 39.3 Å². The highest BCUT2D eigenvalue weighted by molar-refractivity contribution is 5.61. The Bertz CT molecular complexity index is 401. The fourth-order valence-corrected chi connectivity index (χ4v) is 2.74. The lowest BCUT2D eigenvalue weighted by atomic mass is 9.94. The van der Waals surface area contributed by atoms with Crippen molar-refractivity contribution >= 4 is 5.69 Å². The third-order valence-electron chi connectivity index (χ3n) is 3.44. The fourth-order valence-electron chi connectivity index (χ4n) is 2.74. The number of halogens is 1. The minimum atomic E-state index is -0.0868. The zero-order valence-electron chi connectivity index (χ0n) is 10.8. The van der Waals surface area contributed by atoms with Crippen molar-refractivity contribution in [3.8, 4) is 0 Å². The molecule has 3 heteroatoms. The van der Waals surface area contributed by atoms with Gasteiger partial charge in [0.15, 0.2) is 0 Å². The molecule has 0 aromatic heterocycles. The number of nitrogens with two attached hydrogens (primary N) is 1. The van der Waals surface area contributed by atoms with E-state index in [9.17, 15) is 4.39 Å². The van der Waals surface area contributed by atoms with E-state index in [-0.39, 0.29) is 17.8 Å². The Morgan fingerprint density at radius 3 is 2.71 bits per heavy atom. The SMILES string of the molecule is CC(N)CC1CN(C(C)C)c2cccc(F)c21. The van der Waals surface area contributed by atoms with Crippen LogP contribution >= 0.6 is 0 Å². The van der Waals surface area contributed by atoms with Crippen molar-refractivity contribution in [1.29, 1.82) is 0 Å². The van der Waals surface area contributed by atoms with E-state index >= 15 is 0 Å². The van der Waals surface area contributed by atoms with Gasteiger partial charge in [0, 0.05) is 35.8 Å². The number of nitrogens with zero attached hydrogens (tertiary/aromatic N) is 1. The lowest BCUT2D eigenvalue weighted by Gasteiger charge is -2.24. The number of anilines is 1. The first-order valence-electron chi connectivity index (χ1n) is 6.31. The minimum absolute atomic E-state index is 0.0868. The smallest absolute Gasteiger partial charge is 0.128 e. The van der Waals surface area contributed by atoms with Gasteiger partial charge in [0.2, 0.25) is 0 Å². The Hall–Kier alpha value is -1.09. The Morgan fingerprint density at radius 1 is 1.41 bits per heavy atom. The minimum Gasteiger partial charge on any atom is -0.368 e. The molecule has 0 amide bonds. The van der Waals surface area contributed by atoms with Gasteiger partial charge < -0.3 is 10.6 Å². The molecule has 1 aliphatic rings. The van der Waals surface area contributed by atoms with Gasteiger partial charge in [0.1, 0.15) is 5.82 Å². The standard InChI is InChI=1S/C14H21FN2/c1-9(2)17-8-11(7-10(3)16)14-12(15)5-4-6-13(14)17/h4-6,9-11H,7-8,16H2,1-3H3. The molecule has 0 aliphatic carbocycles. The average molecular weight is 236 g/mol. The molecule has 94 valence electrons. The van der Waals surface area contributed by atoms with E-state index < -0.39 is 0 Å². The summed E-state index contributed by atoms with van der Waals surface area (Å²) >= 11 is 0. The molecule has 1 aromatic rings. The molecule has 2 nitrogen and oxygen atoms in total. The summed E-state index contributed by atoms with van der Waals surface area (Å²) in [5, 5.41) is 0. The van der Waals surface area contributed by atoms with Gasteiger partial charge in [0.25, 0.3) is 0 Å². The van der Waals surface area contributed by atoms with E-state index in [2.05, 4.69) is 18.7 Å². The third-order valence-corrected chi connectivity index (χ3v) is 3.44. The second kappa shape index (κ2) is 4.65. The molecule has 1 aliphatic heterocycles. The molecule has 1 aromatic carbocycles. The van der Waals surface area contributed by atoms with Crippen molar-refractivity contribution in [2.24, 2.45) is 5.73 Å². The summed E-state index contributed by atoms with van der Waals surface area (Å²) < 4.78 is 14.0. The molecule has 0 saturated heterocycles. The Labute approximate surface area is 103 Å². The van der Waals surface area contributed by atoms with Gasteiger partial charge in [-0.3, -0.25) is 0 Å². The number of rotatable bonds is 3. The largest absolute Gasteiger partial charge is 0.368 e. The maximum Gasteiger partial charge on any atom is 0.128 e. The number of benzene rings is 1. The van der Waals surface area contributed by atoms with Crippen LogP contribution in [-0.4, -0.2) is 18.6 Å². The lowest BCUT2D eigenvalue weighted by Crippen LogP contribution is -2.30. The molecular formula is C14H21FN2. The van der Waals surface area contributed by atoms with Crippen LogP contribution in [0.15, 0.2) is 18.2 Å². The summed E-state index contributed by atoms with van der Waals surface area (Å²) in [7, 11) is 0. The first-order chi connectivity index (χ1) is 8.00. The van der Waals surface area contributed by atoms with E-state index in [1.807, 2.05) is 13.0 Å². The summed E-state index contributed by atoms with van der Waals surface area (Å²) in [6.45, 7) is 7.15. The number of fused-ring (bicyclic) bond motifs is 1. The molecule has 0 fully saturated rings. The quantitative estimate of drug-likeness (QED) is 0.874. The van der Waals surface area contributed by atoms with Gasteiger partial charge in [-0.1, -0.05) is 6.07 Å². The lowest BCUT2D eigenvalue weighted by molar-refractivity contribution is 0.529. The van der Waals surface area contributed by atoms with Crippen molar-refractivity contribution in [1.82, 2.24) is 0 Å². The topological polar surface area (TPSA) is 29.3 Å². The predicted molar refractivity (Wildman–Crippen MR) is 69.9 cm³/mol. The predicted octanol–water partition coefficient (Wildman–Crippen LogP) is 2.88. The molecule has 0 bridgehead atoms. The van der Waals surface area contributed by atoms with Crippen LogP contribution in [0.25, 0.3) is 0 Å². The van der Waals surface area contributed by atoms with E-state index in [0.717, 1.165) is 24.2 Å². The summed E-state index contributed by atoms with van der Waals surface area (Å²) in [6.07, 6.45) is 0.844. The maximum atomic E-state index is 14.0. The normalized spacial score (nSPS) is 20.8. The van der Waals surface area contributed by atoms with Gasteiger partial charge in [-0.25, -0.2) is 4.39 Å². The van der Waals surface area contributed by atoms with Crippen LogP contribution in [0.4, 0.5) is 10.1 Å². The van der Waals surface area contributed by atoms with Crippen LogP contribution < -0.4 is 10.6 Å². The first kappa shape index (κ1) is 12.4. The molecule has 2 unspecified atom stereocenters. The molecule has 0 saturated carbocycles. The summed E-state index contributed by atoms with van der Waals surface area (Å²) in [4.78, 5) is 2.27. The van der Waals surface area contributed by atoms with Crippen molar-refractivity contribution < 1.29 is 4.39 Å². The van der Waals surface area contributed by atoms with Gasteiger partial charge in [-0.2, -0.15) is 0 Å². The molecule has 1 heterocycles.